The van der Waals surface area contributed by atoms with Gasteiger partial charge < -0.3 is 10.1 Å². The maximum atomic E-state index is 12.4. The molecule has 2 N–H and O–H groups in total. The summed E-state index contributed by atoms with van der Waals surface area (Å²) in [5, 5.41) is 11.0. The molecular formula is C18H20N4O2S. The van der Waals surface area contributed by atoms with Crippen LogP contribution in [0, 0.1) is 6.92 Å². The number of hydrogen-bond donors (Lipinski definition) is 2. The Hall–Kier alpha value is -2.67. The number of carbonyl (C=O) groups excluding carboxylic acids is 1. The highest BCUT2D eigenvalue weighted by molar-refractivity contribution is 7.11. The molecule has 3 rings (SSSR count). The van der Waals surface area contributed by atoms with Gasteiger partial charge in [-0.2, -0.15) is 5.10 Å². The average Bonchev–Trinajstić information content (AvgIpc) is 3.26. The molecule has 2 heterocycles. The minimum absolute atomic E-state index is 0.185. The summed E-state index contributed by atoms with van der Waals surface area (Å²) in [6.07, 6.45) is 0.861. The number of rotatable bonds is 6. The summed E-state index contributed by atoms with van der Waals surface area (Å²) in [4.78, 5) is 17.9. The number of carbonyl (C=O) groups is 1. The first kappa shape index (κ1) is 17.2. The van der Waals surface area contributed by atoms with E-state index in [0.717, 1.165) is 33.3 Å². The Morgan fingerprint density at radius 3 is 2.96 bits per heavy atom. The second-order valence-corrected chi connectivity index (χ2v) is 6.83. The number of aromatic amines is 1. The van der Waals surface area contributed by atoms with Crippen molar-refractivity contribution in [2.24, 2.45) is 0 Å². The summed E-state index contributed by atoms with van der Waals surface area (Å²) < 4.78 is 5.22. The number of nitrogens with zero attached hydrogens (tertiary/aromatic N) is 2. The molecule has 0 aliphatic carbocycles. The Kier molecular flexibility index (Phi) is 5.14. The molecule has 0 aliphatic heterocycles. The van der Waals surface area contributed by atoms with Crippen LogP contribution in [0.15, 0.2) is 30.3 Å². The first-order valence-electron chi connectivity index (χ1n) is 8.04. The summed E-state index contributed by atoms with van der Waals surface area (Å²) in [6, 6.07) is 9.30. The lowest BCUT2D eigenvalue weighted by atomic mass is 10.1. The van der Waals surface area contributed by atoms with E-state index in [1.165, 1.54) is 0 Å². The fraction of sp³-hybridized carbons (Fsp3) is 0.278. The molecule has 25 heavy (non-hydrogen) atoms. The van der Waals surface area contributed by atoms with Crippen LogP contribution in [-0.2, 0) is 13.0 Å². The van der Waals surface area contributed by atoms with Crippen LogP contribution in [0.4, 0.5) is 0 Å². The van der Waals surface area contributed by atoms with Gasteiger partial charge in [0.2, 0.25) is 0 Å². The number of aryl methyl sites for hydroxylation is 2. The Balaban J connectivity index is 1.70. The van der Waals surface area contributed by atoms with E-state index in [2.05, 4.69) is 27.4 Å². The molecule has 0 unspecified atom stereocenters. The summed E-state index contributed by atoms with van der Waals surface area (Å²) in [7, 11) is 1.62. The third-order valence-electron chi connectivity index (χ3n) is 3.82. The van der Waals surface area contributed by atoms with Gasteiger partial charge in [-0.3, -0.25) is 9.89 Å². The van der Waals surface area contributed by atoms with E-state index in [1.807, 2.05) is 31.2 Å². The topological polar surface area (TPSA) is 79.9 Å². The molecule has 3 aromatic rings. The number of methoxy groups -OCH3 is 1. The molecule has 6 nitrogen and oxygen atoms in total. The van der Waals surface area contributed by atoms with Gasteiger partial charge in [-0.1, -0.05) is 19.1 Å². The van der Waals surface area contributed by atoms with Gasteiger partial charge in [0.05, 0.1) is 30.1 Å². The van der Waals surface area contributed by atoms with Crippen molar-refractivity contribution in [1.82, 2.24) is 20.5 Å². The molecule has 130 valence electrons. The molecule has 0 atom stereocenters. The minimum Gasteiger partial charge on any atom is -0.497 e. The van der Waals surface area contributed by atoms with Crippen molar-refractivity contribution in [2.75, 3.05) is 7.11 Å². The predicted octanol–water partition coefficient (Wildman–Crippen LogP) is 3.34. The second-order valence-electron chi connectivity index (χ2n) is 5.54. The number of H-pyrrole nitrogens is 1. The lowest BCUT2D eigenvalue weighted by molar-refractivity contribution is 0.0946. The molecule has 0 aliphatic rings. The fourth-order valence-corrected chi connectivity index (χ4v) is 3.52. The van der Waals surface area contributed by atoms with Crippen LogP contribution in [-0.4, -0.2) is 28.2 Å². The van der Waals surface area contributed by atoms with Gasteiger partial charge in [-0.15, -0.1) is 11.3 Å². The van der Waals surface area contributed by atoms with E-state index >= 15 is 0 Å². The van der Waals surface area contributed by atoms with Crippen LogP contribution in [0.2, 0.25) is 0 Å². The zero-order chi connectivity index (χ0) is 17.8. The summed E-state index contributed by atoms with van der Waals surface area (Å²) >= 11 is 1.62. The van der Waals surface area contributed by atoms with Crippen molar-refractivity contribution in [1.29, 1.82) is 0 Å². The molecule has 2 aromatic heterocycles. The van der Waals surface area contributed by atoms with Crippen LogP contribution < -0.4 is 10.1 Å². The van der Waals surface area contributed by atoms with Crippen LogP contribution in [0.3, 0.4) is 0 Å². The zero-order valence-electron chi connectivity index (χ0n) is 14.4. The summed E-state index contributed by atoms with van der Waals surface area (Å²) in [5.41, 5.74) is 3.06. The molecule has 0 saturated heterocycles. The minimum atomic E-state index is -0.185. The molecule has 0 bridgehead atoms. The highest BCUT2D eigenvalue weighted by Crippen LogP contribution is 2.23. The fourth-order valence-electron chi connectivity index (χ4n) is 2.55. The van der Waals surface area contributed by atoms with E-state index in [4.69, 9.17) is 4.74 Å². The van der Waals surface area contributed by atoms with Crippen molar-refractivity contribution in [3.63, 3.8) is 0 Å². The van der Waals surface area contributed by atoms with Gasteiger partial charge in [-0.05, 0) is 31.5 Å². The highest BCUT2D eigenvalue weighted by Gasteiger charge is 2.13. The van der Waals surface area contributed by atoms with Crippen molar-refractivity contribution in [3.05, 3.63) is 51.6 Å². The van der Waals surface area contributed by atoms with Gasteiger partial charge in [0.1, 0.15) is 11.4 Å². The molecule has 0 fully saturated rings. The van der Waals surface area contributed by atoms with Gasteiger partial charge in [0.15, 0.2) is 0 Å². The van der Waals surface area contributed by atoms with Gasteiger partial charge in [0, 0.05) is 10.4 Å². The lowest BCUT2D eigenvalue weighted by Gasteiger charge is -2.03. The third kappa shape index (κ3) is 3.88. The number of amides is 1. The highest BCUT2D eigenvalue weighted by atomic mass is 32.1. The van der Waals surface area contributed by atoms with E-state index in [9.17, 15) is 4.79 Å². The van der Waals surface area contributed by atoms with Crippen molar-refractivity contribution in [3.8, 4) is 17.0 Å². The first-order valence-corrected chi connectivity index (χ1v) is 8.85. The molecule has 0 spiro atoms. The van der Waals surface area contributed by atoms with Crippen LogP contribution in [0.25, 0.3) is 11.3 Å². The number of nitrogens with one attached hydrogen (secondary N) is 2. The predicted molar refractivity (Wildman–Crippen MR) is 98.0 cm³/mol. The van der Waals surface area contributed by atoms with E-state index in [1.54, 1.807) is 24.5 Å². The average molecular weight is 356 g/mol. The maximum Gasteiger partial charge on any atom is 0.269 e. The maximum absolute atomic E-state index is 12.4. The van der Waals surface area contributed by atoms with Crippen molar-refractivity contribution < 1.29 is 9.53 Å². The van der Waals surface area contributed by atoms with Crippen LogP contribution >= 0.6 is 11.3 Å². The molecular weight excluding hydrogens is 336 g/mol. The van der Waals surface area contributed by atoms with E-state index in [0.29, 0.717) is 17.9 Å². The molecule has 0 saturated carbocycles. The normalized spacial score (nSPS) is 10.7. The smallest absolute Gasteiger partial charge is 0.269 e. The summed E-state index contributed by atoms with van der Waals surface area (Å²) in [5.74, 6) is 0.564. The number of ether oxygens (including phenoxy) is 1. The number of aromatic nitrogens is 3. The molecule has 1 amide bonds. The van der Waals surface area contributed by atoms with E-state index in [-0.39, 0.29) is 5.91 Å². The lowest BCUT2D eigenvalue weighted by Crippen LogP contribution is -2.23. The van der Waals surface area contributed by atoms with Crippen LogP contribution in [0.5, 0.6) is 5.75 Å². The quantitative estimate of drug-likeness (QED) is 0.710. The Morgan fingerprint density at radius 1 is 1.36 bits per heavy atom. The molecule has 1 aromatic carbocycles. The van der Waals surface area contributed by atoms with Gasteiger partial charge >= 0.3 is 0 Å². The third-order valence-corrected chi connectivity index (χ3v) is 4.83. The SMILES string of the molecule is CCc1nc(C)sc1CNC(=O)c1cc(-c2cccc(OC)c2)n[nH]1. The van der Waals surface area contributed by atoms with Gasteiger partial charge in [0.25, 0.3) is 5.91 Å². The molecule has 0 radical (unpaired) electrons. The largest absolute Gasteiger partial charge is 0.497 e. The van der Waals surface area contributed by atoms with Crippen LogP contribution in [0.1, 0.15) is 33.0 Å². The molecule has 7 heteroatoms. The monoisotopic (exact) mass is 356 g/mol. The Bertz CT molecular complexity index is 885. The van der Waals surface area contributed by atoms with Crippen molar-refractivity contribution in [2.45, 2.75) is 26.8 Å². The summed E-state index contributed by atoms with van der Waals surface area (Å²) in [6.45, 7) is 4.51. The first-order chi connectivity index (χ1) is 12.1. The number of thiazole rings is 1. The second kappa shape index (κ2) is 7.48. The number of benzene rings is 1. The standard InChI is InChI=1S/C18H20N4O2S/c1-4-14-17(25-11(2)20-14)10-19-18(23)16-9-15(21-22-16)12-6-5-7-13(8-12)24-3/h5-9H,4,10H2,1-3H3,(H,19,23)(H,21,22). The Morgan fingerprint density at radius 2 is 2.20 bits per heavy atom. The number of hydrogen-bond acceptors (Lipinski definition) is 5. The van der Waals surface area contributed by atoms with Crippen molar-refractivity contribution >= 4 is 17.2 Å². The van der Waals surface area contributed by atoms with E-state index < -0.39 is 0 Å². The zero-order valence-corrected chi connectivity index (χ0v) is 15.2. The van der Waals surface area contributed by atoms with Gasteiger partial charge in [-0.25, -0.2) is 4.98 Å². The Labute approximate surface area is 150 Å².